The molecule has 1 aliphatic rings. The highest BCUT2D eigenvalue weighted by Gasteiger charge is 2.23. The largest absolute Gasteiger partial charge is 0.493 e. The molecule has 0 bridgehead atoms. The Morgan fingerprint density at radius 1 is 1.18 bits per heavy atom. The number of halogens is 2. The van der Waals surface area contributed by atoms with Crippen molar-refractivity contribution in [3.8, 4) is 11.5 Å². The van der Waals surface area contributed by atoms with Crippen LogP contribution in [0.2, 0.25) is 5.02 Å². The Bertz CT molecular complexity index is 1650. The Kier molecular flexibility index (Phi) is 8.46. The van der Waals surface area contributed by atoms with Gasteiger partial charge in [-0.3, -0.25) is 14.9 Å². The van der Waals surface area contributed by atoms with Gasteiger partial charge in [0.1, 0.15) is 17.5 Å². The molecular formula is C29H26BrClN4O5. The van der Waals surface area contributed by atoms with E-state index in [1.165, 1.54) is 30.3 Å². The molecule has 5 rings (SSSR count). The number of fused-ring (bicyclic) bond motifs is 1. The average Bonchev–Trinajstić information content (AvgIpc) is 2.98. The highest BCUT2D eigenvalue weighted by molar-refractivity contribution is 9.10. The van der Waals surface area contributed by atoms with E-state index in [1.54, 1.807) is 30.5 Å². The van der Waals surface area contributed by atoms with Gasteiger partial charge >= 0.3 is 0 Å². The van der Waals surface area contributed by atoms with Gasteiger partial charge in [-0.05, 0) is 64.7 Å². The number of benzene rings is 3. The summed E-state index contributed by atoms with van der Waals surface area (Å²) in [7, 11) is 1.50. The zero-order valence-electron chi connectivity index (χ0n) is 21.7. The molecule has 1 fully saturated rings. The Morgan fingerprint density at radius 3 is 2.60 bits per heavy atom. The standard InChI is InChI=1S/C29H26BrClN4O5/c1-39-24-15-20(25(30)26(31)27(24)40-17-18-11-13-21(14-12-18)35(37)38)16-32-34-28(19-7-3-2-4-8-19)33-23-10-6-5-9-22(23)29(34)36/h5-6,9-16,19H,2-4,7-8,17H2,1H3. The average molecular weight is 626 g/mol. The maximum atomic E-state index is 13.5. The van der Waals surface area contributed by atoms with Gasteiger partial charge in [-0.25, -0.2) is 4.98 Å². The SMILES string of the molecule is COc1cc(C=Nn2c(C3CCCCC3)nc3ccccc3c2=O)c(Br)c(Cl)c1OCc1ccc([N+](=O)[O-])cc1. The summed E-state index contributed by atoms with van der Waals surface area (Å²) in [5.74, 6) is 1.49. The van der Waals surface area contributed by atoms with Crippen LogP contribution in [0, 0.1) is 10.1 Å². The second-order valence-electron chi connectivity index (χ2n) is 9.52. The predicted octanol–water partition coefficient (Wildman–Crippen LogP) is 7.24. The fourth-order valence-corrected chi connectivity index (χ4v) is 5.51. The first-order valence-corrected chi connectivity index (χ1v) is 14.0. The lowest BCUT2D eigenvalue weighted by Gasteiger charge is -2.22. The third kappa shape index (κ3) is 5.73. The number of methoxy groups -OCH3 is 1. The van der Waals surface area contributed by atoms with Crippen LogP contribution in [-0.2, 0) is 6.61 Å². The number of aromatic nitrogens is 2. The fourth-order valence-electron chi connectivity index (χ4n) is 4.85. The van der Waals surface area contributed by atoms with Crippen LogP contribution < -0.4 is 15.0 Å². The molecule has 0 spiro atoms. The molecule has 0 N–H and O–H groups in total. The van der Waals surface area contributed by atoms with Crippen molar-refractivity contribution in [3.63, 3.8) is 0 Å². The van der Waals surface area contributed by atoms with Crippen LogP contribution in [-0.4, -0.2) is 27.9 Å². The molecule has 0 amide bonds. The summed E-state index contributed by atoms with van der Waals surface area (Å²) in [5.41, 5.74) is 1.75. The van der Waals surface area contributed by atoms with Gasteiger partial charge in [0.2, 0.25) is 0 Å². The Hall–Kier alpha value is -3.76. The van der Waals surface area contributed by atoms with Crippen LogP contribution in [0.1, 0.15) is 55.0 Å². The van der Waals surface area contributed by atoms with Gasteiger partial charge in [0, 0.05) is 28.1 Å². The van der Waals surface area contributed by atoms with E-state index in [0.717, 1.165) is 31.2 Å². The van der Waals surface area contributed by atoms with Gasteiger partial charge in [-0.1, -0.05) is 43.0 Å². The minimum absolute atomic E-state index is 0.00175. The first-order chi connectivity index (χ1) is 19.4. The monoisotopic (exact) mass is 624 g/mol. The number of rotatable bonds is 8. The molecule has 3 aromatic carbocycles. The summed E-state index contributed by atoms with van der Waals surface area (Å²) < 4.78 is 13.4. The molecule has 40 heavy (non-hydrogen) atoms. The number of hydrogen-bond donors (Lipinski definition) is 0. The normalized spacial score (nSPS) is 14.1. The van der Waals surface area contributed by atoms with Crippen molar-refractivity contribution in [2.75, 3.05) is 7.11 Å². The lowest BCUT2D eigenvalue weighted by atomic mass is 9.88. The molecule has 4 aromatic rings. The summed E-state index contributed by atoms with van der Waals surface area (Å²) in [4.78, 5) is 28.8. The van der Waals surface area contributed by atoms with Gasteiger partial charge in [0.15, 0.2) is 11.5 Å². The predicted molar refractivity (Wildman–Crippen MR) is 158 cm³/mol. The smallest absolute Gasteiger partial charge is 0.282 e. The van der Waals surface area contributed by atoms with Crippen molar-refractivity contribution in [1.82, 2.24) is 9.66 Å². The highest BCUT2D eigenvalue weighted by Crippen LogP contribution is 2.42. The third-order valence-electron chi connectivity index (χ3n) is 6.97. The molecule has 0 saturated heterocycles. The quantitative estimate of drug-likeness (QED) is 0.116. The second kappa shape index (κ2) is 12.2. The van der Waals surface area contributed by atoms with Crippen molar-refractivity contribution in [2.24, 2.45) is 5.10 Å². The molecule has 0 unspecified atom stereocenters. The number of non-ortho nitro benzene ring substituents is 1. The maximum Gasteiger partial charge on any atom is 0.282 e. The van der Waals surface area contributed by atoms with Gasteiger partial charge in [-0.15, -0.1) is 0 Å². The molecule has 0 atom stereocenters. The lowest BCUT2D eigenvalue weighted by molar-refractivity contribution is -0.384. The molecule has 1 heterocycles. The van der Waals surface area contributed by atoms with Gasteiger partial charge < -0.3 is 9.47 Å². The summed E-state index contributed by atoms with van der Waals surface area (Å²) in [6, 6.07) is 15.1. The highest BCUT2D eigenvalue weighted by atomic mass is 79.9. The van der Waals surface area contributed by atoms with E-state index in [-0.39, 0.29) is 28.8 Å². The number of hydrogen-bond acceptors (Lipinski definition) is 7. The number of ether oxygens (including phenoxy) is 2. The van der Waals surface area contributed by atoms with E-state index >= 15 is 0 Å². The van der Waals surface area contributed by atoms with Crippen molar-refractivity contribution >= 4 is 50.3 Å². The number of nitrogens with zero attached hydrogens (tertiary/aromatic N) is 4. The Balaban J connectivity index is 1.48. The summed E-state index contributed by atoms with van der Waals surface area (Å²) in [5, 5.41) is 16.3. The molecule has 0 radical (unpaired) electrons. The van der Waals surface area contributed by atoms with E-state index < -0.39 is 4.92 Å². The summed E-state index contributed by atoms with van der Waals surface area (Å²) in [6.07, 6.45) is 6.85. The number of nitro groups is 1. The second-order valence-corrected chi connectivity index (χ2v) is 10.7. The first-order valence-electron chi connectivity index (χ1n) is 12.9. The molecule has 9 nitrogen and oxygen atoms in total. The van der Waals surface area contributed by atoms with E-state index in [1.807, 2.05) is 18.2 Å². The minimum Gasteiger partial charge on any atom is -0.493 e. The van der Waals surface area contributed by atoms with Gasteiger partial charge in [-0.2, -0.15) is 9.78 Å². The van der Waals surface area contributed by atoms with Gasteiger partial charge in [0.25, 0.3) is 11.2 Å². The number of para-hydroxylation sites is 1. The molecule has 1 saturated carbocycles. The van der Waals surface area contributed by atoms with Crippen molar-refractivity contribution < 1.29 is 14.4 Å². The van der Waals surface area contributed by atoms with Crippen molar-refractivity contribution in [3.05, 3.63) is 102 Å². The van der Waals surface area contributed by atoms with Crippen LogP contribution in [0.3, 0.4) is 0 Å². The Morgan fingerprint density at radius 2 is 1.90 bits per heavy atom. The van der Waals surface area contributed by atoms with E-state index in [4.69, 9.17) is 26.1 Å². The van der Waals surface area contributed by atoms with E-state index in [0.29, 0.717) is 38.3 Å². The van der Waals surface area contributed by atoms with Gasteiger partial charge in [0.05, 0.1) is 29.2 Å². The minimum atomic E-state index is -0.456. The molecular weight excluding hydrogens is 600 g/mol. The third-order valence-corrected chi connectivity index (χ3v) is 8.41. The zero-order valence-corrected chi connectivity index (χ0v) is 24.0. The molecule has 206 valence electrons. The maximum absolute atomic E-state index is 13.5. The molecule has 1 aliphatic carbocycles. The van der Waals surface area contributed by atoms with Crippen LogP contribution in [0.15, 0.2) is 69.0 Å². The summed E-state index contributed by atoms with van der Waals surface area (Å²) in [6.45, 7) is 0.122. The number of nitro benzene ring substituents is 1. The van der Waals surface area contributed by atoms with Crippen LogP contribution >= 0.6 is 27.5 Å². The van der Waals surface area contributed by atoms with Crippen molar-refractivity contribution in [1.29, 1.82) is 0 Å². The molecule has 1 aromatic heterocycles. The Labute approximate surface area is 243 Å². The van der Waals surface area contributed by atoms with E-state index in [2.05, 4.69) is 21.0 Å². The van der Waals surface area contributed by atoms with Crippen LogP contribution in [0.5, 0.6) is 11.5 Å². The molecule has 0 aliphatic heterocycles. The van der Waals surface area contributed by atoms with Crippen molar-refractivity contribution in [2.45, 2.75) is 44.6 Å². The van der Waals surface area contributed by atoms with Crippen LogP contribution in [0.25, 0.3) is 10.9 Å². The fraction of sp³-hybridized carbons (Fsp3) is 0.276. The van der Waals surface area contributed by atoms with Crippen LogP contribution in [0.4, 0.5) is 5.69 Å². The zero-order chi connectivity index (χ0) is 28.2. The molecule has 11 heteroatoms. The topological polar surface area (TPSA) is 109 Å². The lowest BCUT2D eigenvalue weighted by Crippen LogP contribution is -2.25. The van der Waals surface area contributed by atoms with E-state index in [9.17, 15) is 14.9 Å². The summed E-state index contributed by atoms with van der Waals surface area (Å²) >= 11 is 10.2. The first kappa shape index (κ1) is 27.8.